The normalized spacial score (nSPS) is 11.6. The lowest BCUT2D eigenvalue weighted by Crippen LogP contribution is -2.41. The molecular formula is C21H20N8O5. The largest absolute Gasteiger partial charge is 0.456 e. The van der Waals surface area contributed by atoms with E-state index in [9.17, 15) is 19.2 Å². The van der Waals surface area contributed by atoms with Crippen LogP contribution in [0, 0.1) is 6.92 Å². The van der Waals surface area contributed by atoms with Gasteiger partial charge in [-0.1, -0.05) is 11.6 Å². The molecule has 34 heavy (non-hydrogen) atoms. The van der Waals surface area contributed by atoms with E-state index in [0.29, 0.717) is 16.7 Å². The van der Waals surface area contributed by atoms with Crippen LogP contribution in [0.4, 0.5) is 0 Å². The number of hydrogen-bond acceptors (Lipinski definition) is 8. The molecular weight excluding hydrogens is 444 g/mol. The number of aromatic nitrogens is 8. The van der Waals surface area contributed by atoms with Crippen LogP contribution < -0.4 is 16.8 Å². The molecule has 0 unspecified atom stereocenters. The molecule has 0 radical (unpaired) electrons. The van der Waals surface area contributed by atoms with Crippen LogP contribution in [0.15, 0.2) is 38.9 Å². The topological polar surface area (TPSA) is 140 Å². The fourth-order valence-electron chi connectivity index (χ4n) is 4.01. The molecule has 174 valence electrons. The Labute approximate surface area is 190 Å². The molecule has 5 rings (SSSR count). The van der Waals surface area contributed by atoms with Gasteiger partial charge in [0.1, 0.15) is 6.54 Å². The van der Waals surface area contributed by atoms with Crippen LogP contribution in [0.2, 0.25) is 0 Å². The van der Waals surface area contributed by atoms with Gasteiger partial charge in [-0.3, -0.25) is 27.9 Å². The molecule has 0 aliphatic rings. The zero-order valence-electron chi connectivity index (χ0n) is 18.8. The SMILES string of the molecule is Cc1ccc2c(c1)c(=O)n(C)c1nnc(COC(=O)Cn3c(=O)c4c(ncn4C)n(C)c3=O)n21. The van der Waals surface area contributed by atoms with Crippen molar-refractivity contribution in [2.75, 3.05) is 0 Å². The first-order valence-corrected chi connectivity index (χ1v) is 10.3. The smallest absolute Gasteiger partial charge is 0.333 e. The van der Waals surface area contributed by atoms with Crippen LogP contribution in [0.25, 0.3) is 27.8 Å². The van der Waals surface area contributed by atoms with Gasteiger partial charge in [0.25, 0.3) is 11.1 Å². The van der Waals surface area contributed by atoms with Crippen molar-refractivity contribution in [1.82, 2.24) is 37.9 Å². The predicted octanol–water partition coefficient (Wildman–Crippen LogP) is -0.620. The second-order valence-electron chi connectivity index (χ2n) is 8.06. The monoisotopic (exact) mass is 464 g/mol. The van der Waals surface area contributed by atoms with Gasteiger partial charge in [-0.2, -0.15) is 0 Å². The van der Waals surface area contributed by atoms with Gasteiger partial charge in [0, 0.05) is 21.1 Å². The maximum atomic E-state index is 12.8. The molecule has 0 aliphatic carbocycles. The summed E-state index contributed by atoms with van der Waals surface area (Å²) in [6, 6.07) is 5.40. The molecule has 4 aromatic heterocycles. The lowest BCUT2D eigenvalue weighted by atomic mass is 10.1. The number of ether oxygens (including phenoxy) is 1. The molecule has 5 aromatic rings. The van der Waals surface area contributed by atoms with Crippen molar-refractivity contribution in [3.8, 4) is 0 Å². The molecule has 0 aliphatic heterocycles. The zero-order chi connectivity index (χ0) is 24.3. The van der Waals surface area contributed by atoms with Gasteiger partial charge in [-0.05, 0) is 19.1 Å². The highest BCUT2D eigenvalue weighted by molar-refractivity contribution is 5.81. The van der Waals surface area contributed by atoms with Gasteiger partial charge in [0.05, 0.1) is 17.2 Å². The van der Waals surface area contributed by atoms with Crippen LogP contribution in [-0.4, -0.2) is 43.8 Å². The third-order valence-corrected chi connectivity index (χ3v) is 5.79. The molecule has 0 saturated heterocycles. The second-order valence-corrected chi connectivity index (χ2v) is 8.06. The molecule has 0 bridgehead atoms. The minimum atomic E-state index is -0.803. The molecule has 0 amide bonds. The Kier molecular flexibility index (Phi) is 4.70. The number of imidazole rings is 1. The zero-order valence-corrected chi connectivity index (χ0v) is 18.8. The molecule has 4 heterocycles. The van der Waals surface area contributed by atoms with Crippen molar-refractivity contribution in [2.24, 2.45) is 21.1 Å². The lowest BCUT2D eigenvalue weighted by Gasteiger charge is -2.10. The summed E-state index contributed by atoms with van der Waals surface area (Å²) in [6.07, 6.45) is 1.42. The minimum absolute atomic E-state index is 0.195. The summed E-state index contributed by atoms with van der Waals surface area (Å²) in [6.45, 7) is 1.03. The predicted molar refractivity (Wildman–Crippen MR) is 120 cm³/mol. The van der Waals surface area contributed by atoms with E-state index in [1.165, 1.54) is 27.1 Å². The van der Waals surface area contributed by atoms with Crippen LogP contribution >= 0.6 is 0 Å². The van der Waals surface area contributed by atoms with Crippen molar-refractivity contribution in [3.63, 3.8) is 0 Å². The van der Waals surface area contributed by atoms with E-state index >= 15 is 0 Å². The summed E-state index contributed by atoms with van der Waals surface area (Å²) in [4.78, 5) is 54.7. The number of carbonyl (C=O) groups excluding carboxylic acids is 1. The van der Waals surface area contributed by atoms with Crippen molar-refractivity contribution >= 4 is 33.8 Å². The summed E-state index contributed by atoms with van der Waals surface area (Å²) in [5.74, 6) is -0.225. The molecule has 0 fully saturated rings. The van der Waals surface area contributed by atoms with Crippen LogP contribution in [0.3, 0.4) is 0 Å². The van der Waals surface area contributed by atoms with Gasteiger partial charge in [-0.25, -0.2) is 14.3 Å². The Morgan fingerprint density at radius 2 is 1.79 bits per heavy atom. The van der Waals surface area contributed by atoms with E-state index < -0.39 is 23.8 Å². The van der Waals surface area contributed by atoms with Crippen molar-refractivity contribution in [2.45, 2.75) is 20.1 Å². The quantitative estimate of drug-likeness (QED) is 0.321. The Balaban J connectivity index is 1.48. The highest BCUT2D eigenvalue weighted by Gasteiger charge is 2.19. The molecule has 0 saturated carbocycles. The van der Waals surface area contributed by atoms with E-state index in [2.05, 4.69) is 15.2 Å². The van der Waals surface area contributed by atoms with E-state index in [1.807, 2.05) is 13.0 Å². The first-order valence-electron chi connectivity index (χ1n) is 10.3. The Bertz CT molecular complexity index is 1820. The second kappa shape index (κ2) is 7.50. The van der Waals surface area contributed by atoms with Gasteiger partial charge in [0.2, 0.25) is 5.78 Å². The molecule has 0 N–H and O–H groups in total. The van der Waals surface area contributed by atoms with Crippen molar-refractivity contribution in [1.29, 1.82) is 0 Å². The fourth-order valence-corrected chi connectivity index (χ4v) is 4.01. The Morgan fingerprint density at radius 1 is 1.03 bits per heavy atom. The maximum absolute atomic E-state index is 12.8. The van der Waals surface area contributed by atoms with Crippen LogP contribution in [0.1, 0.15) is 11.4 Å². The van der Waals surface area contributed by atoms with Gasteiger partial charge in [0.15, 0.2) is 23.6 Å². The van der Waals surface area contributed by atoms with Crippen molar-refractivity contribution < 1.29 is 9.53 Å². The molecule has 0 spiro atoms. The fraction of sp³-hybridized carbons (Fsp3) is 0.286. The van der Waals surface area contributed by atoms with Crippen molar-refractivity contribution in [3.05, 3.63) is 67.1 Å². The minimum Gasteiger partial charge on any atom is -0.456 e. The first-order chi connectivity index (χ1) is 16.2. The van der Waals surface area contributed by atoms with E-state index in [-0.39, 0.29) is 29.2 Å². The van der Waals surface area contributed by atoms with E-state index in [4.69, 9.17) is 4.74 Å². The number of nitrogens with zero attached hydrogens (tertiary/aromatic N) is 8. The first kappa shape index (κ1) is 21.3. The number of hydrogen-bond donors (Lipinski definition) is 0. The standard InChI is InChI=1S/C21H20N8O5/c1-11-5-6-13-12(7-11)18(31)27(4)20-24-23-14(29(13)20)9-34-15(30)8-28-19(32)16-17(22-10-25(16)2)26(3)21(28)33/h5-7,10H,8-9H2,1-4H3. The summed E-state index contributed by atoms with van der Waals surface area (Å²) in [7, 11) is 4.68. The van der Waals surface area contributed by atoms with E-state index in [1.54, 1.807) is 30.6 Å². The number of benzene rings is 1. The number of rotatable bonds is 4. The number of fused-ring (bicyclic) bond motifs is 4. The number of carbonyl (C=O) groups is 1. The van der Waals surface area contributed by atoms with Gasteiger partial charge >= 0.3 is 11.7 Å². The van der Waals surface area contributed by atoms with E-state index in [0.717, 1.165) is 10.1 Å². The number of aryl methyl sites for hydroxylation is 4. The molecule has 13 heteroatoms. The average molecular weight is 464 g/mol. The highest BCUT2D eigenvalue weighted by Crippen LogP contribution is 2.16. The third kappa shape index (κ3) is 3.04. The van der Waals surface area contributed by atoms with Crippen LogP contribution in [-0.2, 0) is 43.8 Å². The van der Waals surface area contributed by atoms with Gasteiger partial charge in [-0.15, -0.1) is 10.2 Å². The maximum Gasteiger partial charge on any atom is 0.333 e. The average Bonchev–Trinajstić information content (AvgIpc) is 3.41. The highest BCUT2D eigenvalue weighted by atomic mass is 16.5. The Morgan fingerprint density at radius 3 is 2.56 bits per heavy atom. The molecule has 0 atom stereocenters. The van der Waals surface area contributed by atoms with Gasteiger partial charge < -0.3 is 9.30 Å². The molecule has 1 aromatic carbocycles. The summed E-state index contributed by atoms with van der Waals surface area (Å²) >= 11 is 0. The Hall–Kier alpha value is -4.55. The third-order valence-electron chi connectivity index (χ3n) is 5.79. The van der Waals surface area contributed by atoms with Crippen LogP contribution in [0.5, 0.6) is 0 Å². The summed E-state index contributed by atoms with van der Waals surface area (Å²) in [5, 5.41) is 8.61. The lowest BCUT2D eigenvalue weighted by molar-refractivity contribution is -0.146. The summed E-state index contributed by atoms with van der Waals surface area (Å²) < 4.78 is 11.8. The summed E-state index contributed by atoms with van der Waals surface area (Å²) in [5.41, 5.74) is 0.374. The number of esters is 1. The molecule has 13 nitrogen and oxygen atoms in total.